The third kappa shape index (κ3) is 9.02. The molecule has 0 saturated carbocycles. The molecule has 0 aromatic heterocycles. The molecule has 0 spiro atoms. The van der Waals surface area contributed by atoms with Crippen molar-refractivity contribution in [2.24, 2.45) is 0 Å². The second-order valence-corrected chi connectivity index (χ2v) is 9.01. The summed E-state index contributed by atoms with van der Waals surface area (Å²) in [5, 5.41) is 15.7. The molecule has 3 N–H and O–H groups in total. The van der Waals surface area contributed by atoms with Gasteiger partial charge in [0.15, 0.2) is 0 Å². The van der Waals surface area contributed by atoms with Gasteiger partial charge in [-0.05, 0) is 68.1 Å². The number of anilines is 1. The minimum absolute atomic E-state index is 0. The zero-order valence-corrected chi connectivity index (χ0v) is 20.7. The fourth-order valence-corrected chi connectivity index (χ4v) is 3.86. The maximum Gasteiger partial charge on any atom is 0.251 e. The molecule has 0 heterocycles. The van der Waals surface area contributed by atoms with Crippen LogP contribution in [0.15, 0.2) is 72.8 Å². The highest BCUT2D eigenvalue weighted by Gasteiger charge is 2.16. The lowest BCUT2D eigenvalue weighted by atomic mass is 10.0. The Morgan fingerprint density at radius 3 is 2.28 bits per heavy atom. The second-order valence-electron chi connectivity index (χ2n) is 8.61. The van der Waals surface area contributed by atoms with E-state index in [1.807, 2.05) is 68.4 Å². The number of carbonyl (C=O) groups excluding carboxylic acids is 2. The fraction of sp³-hybridized carbons (Fsp3) is 0.310. The molecule has 2 amide bonds. The number of hydrogen-bond donors (Lipinski definition) is 3. The smallest absolute Gasteiger partial charge is 0.251 e. The Morgan fingerprint density at radius 1 is 0.972 bits per heavy atom. The minimum atomic E-state index is -0.272. The molecule has 0 unspecified atom stereocenters. The topological polar surface area (TPSA) is 87.7 Å². The van der Waals surface area contributed by atoms with Crippen LogP contribution >= 0.6 is 11.6 Å². The quantitative estimate of drug-likeness (QED) is 0.310. The van der Waals surface area contributed by atoms with Gasteiger partial charge in [-0.2, -0.15) is 0 Å². The molecule has 0 fully saturated rings. The number of hydrogen-bond acceptors (Lipinski definition) is 4. The monoisotopic (exact) mass is 510 g/mol. The molecule has 0 aliphatic heterocycles. The first-order valence-electron chi connectivity index (χ1n) is 11.6. The van der Waals surface area contributed by atoms with E-state index in [1.165, 1.54) is 0 Å². The number of amides is 2. The molecule has 0 radical (unpaired) electrons. The Labute approximate surface area is 218 Å². The van der Waals surface area contributed by atoms with E-state index in [4.69, 9.17) is 16.3 Å². The van der Waals surface area contributed by atoms with Crippen molar-refractivity contribution in [3.05, 3.63) is 94.5 Å². The van der Waals surface area contributed by atoms with Crippen LogP contribution in [0.3, 0.4) is 0 Å². The third-order valence-corrected chi connectivity index (χ3v) is 5.59. The Hall–Kier alpha value is -3.35. The molecule has 3 aromatic rings. The van der Waals surface area contributed by atoms with Gasteiger partial charge in [0.05, 0.1) is 17.5 Å². The van der Waals surface area contributed by atoms with Gasteiger partial charge in [0.2, 0.25) is 5.91 Å². The van der Waals surface area contributed by atoms with Crippen LogP contribution in [0.1, 0.15) is 49.2 Å². The van der Waals surface area contributed by atoms with Crippen molar-refractivity contribution >= 4 is 29.1 Å². The molecule has 3 rings (SSSR count). The number of aliphatic hydroxyl groups is 1. The highest BCUT2D eigenvalue weighted by molar-refractivity contribution is 6.32. The van der Waals surface area contributed by atoms with Crippen molar-refractivity contribution in [2.75, 3.05) is 11.9 Å². The van der Waals surface area contributed by atoms with E-state index in [0.717, 1.165) is 11.1 Å². The summed E-state index contributed by atoms with van der Waals surface area (Å²) < 4.78 is 5.62. The van der Waals surface area contributed by atoms with E-state index < -0.39 is 0 Å². The fourth-order valence-electron chi connectivity index (χ4n) is 3.64. The van der Waals surface area contributed by atoms with Crippen LogP contribution < -0.4 is 15.4 Å². The van der Waals surface area contributed by atoms with E-state index in [9.17, 15) is 14.7 Å². The predicted octanol–water partition coefficient (Wildman–Crippen LogP) is 5.67. The SMILES string of the molecule is C.CC(C)Oc1ccc(C(=O)N[C@H](CCO)Cc2ccc(NC(=O)Cc3ccccc3)cc2)cc1Cl. The normalized spacial score (nSPS) is 11.4. The van der Waals surface area contributed by atoms with Crippen molar-refractivity contribution in [1.29, 1.82) is 0 Å². The first kappa shape index (κ1) is 28.9. The highest BCUT2D eigenvalue weighted by Crippen LogP contribution is 2.26. The maximum absolute atomic E-state index is 12.8. The molecule has 0 saturated heterocycles. The lowest BCUT2D eigenvalue weighted by Gasteiger charge is -2.19. The van der Waals surface area contributed by atoms with Gasteiger partial charge in [0, 0.05) is 23.9 Å². The molecule has 3 aromatic carbocycles. The summed E-state index contributed by atoms with van der Waals surface area (Å²) in [6.07, 6.45) is 1.22. The molecule has 1 atom stereocenters. The van der Waals surface area contributed by atoms with E-state index in [1.54, 1.807) is 18.2 Å². The van der Waals surface area contributed by atoms with Crippen molar-refractivity contribution < 1.29 is 19.4 Å². The van der Waals surface area contributed by atoms with Crippen molar-refractivity contribution in [3.8, 4) is 5.75 Å². The first-order valence-corrected chi connectivity index (χ1v) is 12.0. The third-order valence-electron chi connectivity index (χ3n) is 5.30. The van der Waals surface area contributed by atoms with E-state index in [-0.39, 0.29) is 38.0 Å². The van der Waals surface area contributed by atoms with Gasteiger partial charge in [0.25, 0.3) is 5.91 Å². The zero-order chi connectivity index (χ0) is 25.2. The number of halogens is 1. The summed E-state index contributed by atoms with van der Waals surface area (Å²) in [6.45, 7) is 3.75. The highest BCUT2D eigenvalue weighted by atomic mass is 35.5. The van der Waals surface area contributed by atoms with Crippen molar-refractivity contribution in [2.45, 2.75) is 52.7 Å². The number of rotatable bonds is 11. The molecule has 6 nitrogen and oxygen atoms in total. The molecule has 0 aliphatic rings. The predicted molar refractivity (Wildman–Crippen MR) is 146 cm³/mol. The van der Waals surface area contributed by atoms with Crippen LogP contribution in [-0.4, -0.2) is 35.7 Å². The Balaban J connectivity index is 0.00000456. The summed E-state index contributed by atoms with van der Waals surface area (Å²) in [7, 11) is 0. The van der Waals surface area contributed by atoms with E-state index in [0.29, 0.717) is 41.3 Å². The molecule has 0 bridgehead atoms. The Morgan fingerprint density at radius 2 is 1.67 bits per heavy atom. The summed E-state index contributed by atoms with van der Waals surface area (Å²) in [5.41, 5.74) is 3.05. The minimum Gasteiger partial charge on any atom is -0.489 e. The van der Waals surface area contributed by atoms with Crippen molar-refractivity contribution in [3.63, 3.8) is 0 Å². The van der Waals surface area contributed by atoms with Gasteiger partial charge in [0.1, 0.15) is 5.75 Å². The zero-order valence-electron chi connectivity index (χ0n) is 20.0. The summed E-state index contributed by atoms with van der Waals surface area (Å²) >= 11 is 6.27. The maximum atomic E-state index is 12.8. The van der Waals surface area contributed by atoms with Crippen LogP contribution in [0.25, 0.3) is 0 Å². The molecule has 192 valence electrons. The van der Waals surface area contributed by atoms with E-state index in [2.05, 4.69) is 10.6 Å². The molecular weight excluding hydrogens is 476 g/mol. The molecule has 0 aliphatic carbocycles. The Kier molecular flexibility index (Phi) is 11.4. The van der Waals surface area contributed by atoms with Gasteiger partial charge < -0.3 is 20.5 Å². The average molecular weight is 511 g/mol. The van der Waals surface area contributed by atoms with Gasteiger partial charge in [-0.25, -0.2) is 0 Å². The van der Waals surface area contributed by atoms with Crippen LogP contribution in [0.5, 0.6) is 5.75 Å². The van der Waals surface area contributed by atoms with Gasteiger partial charge in [-0.15, -0.1) is 0 Å². The standard InChI is InChI=1S/C28H31ClN2O4.CH4/c1-19(2)35-26-13-10-22(18-25(26)29)28(34)31-24(14-15-32)16-21-8-11-23(12-9-21)30-27(33)17-20-6-4-3-5-7-20;/h3-13,18-19,24,32H,14-17H2,1-2H3,(H,30,33)(H,31,34);1H4/t24-;/m1./s1. The lowest BCUT2D eigenvalue weighted by Crippen LogP contribution is -2.37. The number of aliphatic hydroxyl groups excluding tert-OH is 1. The average Bonchev–Trinajstić information content (AvgIpc) is 2.82. The number of nitrogens with one attached hydrogen (secondary N) is 2. The number of ether oxygens (including phenoxy) is 1. The lowest BCUT2D eigenvalue weighted by molar-refractivity contribution is -0.115. The van der Waals surface area contributed by atoms with Crippen molar-refractivity contribution in [1.82, 2.24) is 5.32 Å². The first-order chi connectivity index (χ1) is 16.8. The van der Waals surface area contributed by atoms with Crippen LogP contribution in [0.4, 0.5) is 5.69 Å². The molecule has 36 heavy (non-hydrogen) atoms. The largest absolute Gasteiger partial charge is 0.489 e. The van der Waals surface area contributed by atoms with Gasteiger partial charge in [-0.3, -0.25) is 9.59 Å². The van der Waals surface area contributed by atoms with Crippen LogP contribution in [0, 0.1) is 0 Å². The second kappa shape index (κ2) is 14.3. The van der Waals surface area contributed by atoms with Crippen LogP contribution in [0.2, 0.25) is 5.02 Å². The number of benzene rings is 3. The number of carbonyl (C=O) groups is 2. The van der Waals surface area contributed by atoms with Crippen LogP contribution in [-0.2, 0) is 17.6 Å². The van der Waals surface area contributed by atoms with Gasteiger partial charge in [-0.1, -0.05) is 61.5 Å². The molecular formula is C29H35ClN2O4. The van der Waals surface area contributed by atoms with Gasteiger partial charge >= 0.3 is 0 Å². The molecule has 7 heteroatoms. The Bertz CT molecular complexity index is 1120. The summed E-state index contributed by atoms with van der Waals surface area (Å²) in [5.74, 6) is 0.171. The summed E-state index contributed by atoms with van der Waals surface area (Å²) in [6, 6.07) is 21.7. The summed E-state index contributed by atoms with van der Waals surface area (Å²) in [4.78, 5) is 25.1. The van der Waals surface area contributed by atoms with E-state index >= 15 is 0 Å².